The number of pyridine rings is 1. The quantitative estimate of drug-likeness (QED) is 0.393. The predicted octanol–water partition coefficient (Wildman–Crippen LogP) is 4.93. The van der Waals surface area contributed by atoms with Crippen LogP contribution in [-0.4, -0.2) is 58.6 Å². The van der Waals surface area contributed by atoms with Gasteiger partial charge in [-0.2, -0.15) is 11.3 Å². The number of aliphatic hydroxyl groups excluding tert-OH is 1. The van der Waals surface area contributed by atoms with Crippen LogP contribution in [0.25, 0.3) is 10.9 Å². The highest BCUT2D eigenvalue weighted by atomic mass is 32.2. The Kier molecular flexibility index (Phi) is 8.25. The van der Waals surface area contributed by atoms with Gasteiger partial charge in [0.1, 0.15) is 5.75 Å². The monoisotopic (exact) mass is 486 g/mol. The van der Waals surface area contributed by atoms with Crippen molar-refractivity contribution >= 4 is 40.0 Å². The zero-order valence-corrected chi connectivity index (χ0v) is 20.4. The van der Waals surface area contributed by atoms with Crippen molar-refractivity contribution in [1.29, 1.82) is 0 Å². The molecule has 0 unspecified atom stereocenters. The smallest absolute Gasteiger partial charge is 0.308 e. The molecule has 3 atom stereocenters. The van der Waals surface area contributed by atoms with Crippen LogP contribution in [0.2, 0.25) is 0 Å². The number of thiophene rings is 1. The fraction of sp³-hybridized carbons (Fsp3) is 0.440. The van der Waals surface area contributed by atoms with Gasteiger partial charge in [0.2, 0.25) is 0 Å². The van der Waals surface area contributed by atoms with E-state index < -0.39 is 18.0 Å². The third kappa shape index (κ3) is 6.06. The van der Waals surface area contributed by atoms with Gasteiger partial charge in [-0.15, -0.1) is 11.8 Å². The molecule has 33 heavy (non-hydrogen) atoms. The molecule has 6 nitrogen and oxygen atoms in total. The Hall–Kier alpha value is -2.13. The van der Waals surface area contributed by atoms with E-state index in [1.807, 2.05) is 36.0 Å². The second-order valence-corrected chi connectivity index (χ2v) is 10.4. The van der Waals surface area contributed by atoms with Crippen LogP contribution in [-0.2, 0) is 4.79 Å². The van der Waals surface area contributed by atoms with Crippen LogP contribution in [0.5, 0.6) is 5.75 Å². The van der Waals surface area contributed by atoms with E-state index in [1.54, 1.807) is 24.6 Å². The van der Waals surface area contributed by atoms with E-state index in [4.69, 9.17) is 4.74 Å². The summed E-state index contributed by atoms with van der Waals surface area (Å²) >= 11 is 3.52. The van der Waals surface area contributed by atoms with Crippen molar-refractivity contribution in [3.63, 3.8) is 0 Å². The lowest BCUT2D eigenvalue weighted by atomic mass is 9.81. The van der Waals surface area contributed by atoms with Gasteiger partial charge >= 0.3 is 5.97 Å². The summed E-state index contributed by atoms with van der Waals surface area (Å²) in [5, 5.41) is 25.9. The fourth-order valence-electron chi connectivity index (χ4n) is 4.61. The number of hydrogen-bond donors (Lipinski definition) is 2. The molecule has 2 N–H and O–H groups in total. The minimum Gasteiger partial charge on any atom is -0.497 e. The molecule has 0 bridgehead atoms. The van der Waals surface area contributed by atoms with E-state index in [0.717, 1.165) is 47.5 Å². The number of carbonyl (C=O) groups is 1. The number of ether oxygens (including phenoxy) is 1. The molecular weight excluding hydrogens is 456 g/mol. The predicted molar refractivity (Wildman–Crippen MR) is 133 cm³/mol. The Morgan fingerprint density at radius 2 is 2.24 bits per heavy atom. The Balaban J connectivity index is 1.34. The molecule has 1 aromatic carbocycles. The van der Waals surface area contributed by atoms with Crippen LogP contribution in [0, 0.1) is 11.8 Å². The van der Waals surface area contributed by atoms with Crippen LogP contribution < -0.4 is 4.74 Å². The molecule has 1 fully saturated rings. The maximum atomic E-state index is 12.0. The Bertz CT molecular complexity index is 1060. The van der Waals surface area contributed by atoms with E-state index in [-0.39, 0.29) is 5.92 Å². The summed E-state index contributed by atoms with van der Waals surface area (Å²) in [7, 11) is 1.62. The number of methoxy groups -OCH3 is 1. The summed E-state index contributed by atoms with van der Waals surface area (Å²) in [6.45, 7) is 2.38. The van der Waals surface area contributed by atoms with E-state index in [2.05, 4.69) is 26.7 Å². The second-order valence-electron chi connectivity index (χ2n) is 8.48. The Morgan fingerprint density at radius 1 is 1.36 bits per heavy atom. The van der Waals surface area contributed by atoms with Crippen molar-refractivity contribution < 1.29 is 19.7 Å². The van der Waals surface area contributed by atoms with E-state index in [1.165, 1.54) is 4.90 Å². The van der Waals surface area contributed by atoms with Crippen molar-refractivity contribution in [3.8, 4) is 5.75 Å². The molecule has 1 saturated heterocycles. The maximum absolute atomic E-state index is 12.0. The molecule has 0 spiro atoms. The number of nitrogens with zero attached hydrogens (tertiary/aromatic N) is 2. The molecular formula is C25H30N2O4S2. The molecule has 1 aliphatic heterocycles. The summed E-state index contributed by atoms with van der Waals surface area (Å²) < 4.78 is 5.33. The van der Waals surface area contributed by atoms with Crippen molar-refractivity contribution in [2.75, 3.05) is 32.5 Å². The van der Waals surface area contributed by atoms with E-state index >= 15 is 0 Å². The minimum absolute atomic E-state index is 0.0700. The number of benzene rings is 1. The maximum Gasteiger partial charge on any atom is 0.308 e. The minimum atomic E-state index is -0.733. The number of likely N-dealkylation sites (tertiary alicyclic amines) is 1. The number of hydrogen-bond acceptors (Lipinski definition) is 7. The average molecular weight is 487 g/mol. The molecule has 3 aromatic rings. The highest BCUT2D eigenvalue weighted by molar-refractivity contribution is 7.99. The first-order valence-electron chi connectivity index (χ1n) is 11.3. The van der Waals surface area contributed by atoms with Crippen LogP contribution in [0.3, 0.4) is 0 Å². The van der Waals surface area contributed by atoms with E-state index in [9.17, 15) is 15.0 Å². The Morgan fingerprint density at radius 3 is 3.00 bits per heavy atom. The topological polar surface area (TPSA) is 82.9 Å². The lowest BCUT2D eigenvalue weighted by Crippen LogP contribution is -2.44. The Labute approximate surface area is 202 Å². The van der Waals surface area contributed by atoms with Crippen LogP contribution in [0.4, 0.5) is 0 Å². The number of carboxylic acid groups (broad SMARTS) is 1. The number of aliphatic hydroxyl groups is 1. The molecule has 2 aromatic heterocycles. The molecule has 0 saturated carbocycles. The van der Waals surface area contributed by atoms with Crippen LogP contribution >= 0.6 is 23.1 Å². The molecule has 8 heteroatoms. The molecule has 0 aliphatic carbocycles. The first-order chi connectivity index (χ1) is 16.0. The number of piperidine rings is 1. The number of aliphatic carboxylic acids is 1. The van der Waals surface area contributed by atoms with Gasteiger partial charge in [-0.3, -0.25) is 9.78 Å². The van der Waals surface area contributed by atoms with Gasteiger partial charge in [-0.1, -0.05) is 0 Å². The van der Waals surface area contributed by atoms with Crippen molar-refractivity contribution in [2.45, 2.75) is 30.3 Å². The standard InChI is InChI=1S/C25H30N2O4S2/c1-31-18-3-4-23-21(14-18)20(6-9-26-23)24(28)5-2-17-7-10-27(15-22(17)25(29)30)11-13-33-19-8-12-32-16-19/h3-4,6,8-9,12,14,16-17,22,24,28H,2,5,7,10-11,13,15H2,1H3,(H,29,30)/t17-,22+,24-/m1/s1. The lowest BCUT2D eigenvalue weighted by Gasteiger charge is -2.36. The number of rotatable bonds is 10. The van der Waals surface area contributed by atoms with Gasteiger partial charge < -0.3 is 19.8 Å². The summed E-state index contributed by atoms with van der Waals surface area (Å²) in [4.78, 5) is 19.9. The molecule has 0 amide bonds. The van der Waals surface area contributed by atoms with Gasteiger partial charge in [0.05, 0.1) is 24.6 Å². The van der Waals surface area contributed by atoms with Gasteiger partial charge in [0.25, 0.3) is 0 Å². The summed E-state index contributed by atoms with van der Waals surface area (Å²) in [6, 6.07) is 9.60. The number of aromatic nitrogens is 1. The van der Waals surface area contributed by atoms with Crippen LogP contribution in [0.1, 0.15) is 30.9 Å². The van der Waals surface area contributed by atoms with Crippen molar-refractivity contribution in [3.05, 3.63) is 52.9 Å². The number of thioether (sulfide) groups is 1. The third-order valence-electron chi connectivity index (χ3n) is 6.48. The van der Waals surface area contributed by atoms with Gasteiger partial charge in [-0.05, 0) is 73.0 Å². The molecule has 1 aliphatic rings. The molecule has 176 valence electrons. The largest absolute Gasteiger partial charge is 0.497 e. The normalized spacial score (nSPS) is 20.1. The van der Waals surface area contributed by atoms with Gasteiger partial charge in [-0.25, -0.2) is 0 Å². The number of carboxylic acids is 1. The zero-order chi connectivity index (χ0) is 23.2. The van der Waals surface area contributed by atoms with Crippen molar-refractivity contribution in [1.82, 2.24) is 9.88 Å². The average Bonchev–Trinajstić information content (AvgIpc) is 3.35. The summed E-state index contributed by atoms with van der Waals surface area (Å²) in [5.74, 6) is 0.625. The number of fused-ring (bicyclic) bond motifs is 1. The molecule has 3 heterocycles. The highest BCUT2D eigenvalue weighted by Crippen LogP contribution is 2.34. The first kappa shape index (κ1) is 24.0. The second kappa shape index (κ2) is 11.3. The molecule has 4 rings (SSSR count). The summed E-state index contributed by atoms with van der Waals surface area (Å²) in [5.41, 5.74) is 1.62. The zero-order valence-electron chi connectivity index (χ0n) is 18.7. The SMILES string of the molecule is COc1ccc2nccc([C@H](O)CC[C@@H]3CCN(CCSc4ccsc4)C[C@@H]3C(=O)O)c2c1. The van der Waals surface area contributed by atoms with Crippen LogP contribution in [0.15, 0.2) is 52.2 Å². The fourth-order valence-corrected chi connectivity index (χ4v) is 6.41. The van der Waals surface area contributed by atoms with Crippen molar-refractivity contribution in [2.24, 2.45) is 11.8 Å². The van der Waals surface area contributed by atoms with Gasteiger partial charge in [0, 0.05) is 40.7 Å². The first-order valence-corrected chi connectivity index (χ1v) is 13.2. The molecule has 0 radical (unpaired) electrons. The van der Waals surface area contributed by atoms with Gasteiger partial charge in [0.15, 0.2) is 0 Å². The summed E-state index contributed by atoms with van der Waals surface area (Å²) in [6.07, 6.45) is 3.09. The van der Waals surface area contributed by atoms with E-state index in [0.29, 0.717) is 19.4 Å². The highest BCUT2D eigenvalue weighted by Gasteiger charge is 2.34. The third-order valence-corrected chi connectivity index (χ3v) is 8.29. The lowest BCUT2D eigenvalue weighted by molar-refractivity contribution is -0.146.